The molecule has 2 aromatic heterocycles. The predicted octanol–water partition coefficient (Wildman–Crippen LogP) is 3.11. The van der Waals surface area contributed by atoms with Gasteiger partial charge in [0, 0.05) is 42.3 Å². The average Bonchev–Trinajstić information content (AvgIpc) is 2.65. The Morgan fingerprint density at radius 3 is 2.74 bits per heavy atom. The Morgan fingerprint density at radius 2 is 2.07 bits per heavy atom. The third-order valence-corrected chi connectivity index (χ3v) is 5.49. The van der Waals surface area contributed by atoms with Gasteiger partial charge >= 0.3 is 0 Å². The van der Waals surface area contributed by atoms with Crippen LogP contribution in [0, 0.1) is 12.3 Å². The van der Waals surface area contributed by atoms with E-state index >= 15 is 0 Å². The second-order valence-corrected chi connectivity index (χ2v) is 7.87. The lowest BCUT2D eigenvalue weighted by atomic mass is 9.78. The maximum atomic E-state index is 12.9. The fraction of sp³-hybridized carbons (Fsp3) is 0.524. The Labute approximate surface area is 160 Å². The molecule has 6 heteroatoms. The second-order valence-electron chi connectivity index (χ2n) is 7.87. The minimum absolute atomic E-state index is 0.0177. The number of pyridine rings is 1. The number of hydrogen-bond donors (Lipinski definition) is 1. The molecule has 0 spiro atoms. The van der Waals surface area contributed by atoms with Gasteiger partial charge in [0.1, 0.15) is 5.82 Å². The van der Waals surface area contributed by atoms with Crippen molar-refractivity contribution in [2.75, 3.05) is 13.1 Å². The molecule has 1 aliphatic heterocycles. The maximum absolute atomic E-state index is 12.9. The van der Waals surface area contributed by atoms with E-state index in [-0.39, 0.29) is 23.3 Å². The third kappa shape index (κ3) is 4.43. The van der Waals surface area contributed by atoms with Crippen LogP contribution in [0.5, 0.6) is 0 Å². The SMILES string of the molecule is CCCC1(C)CCCN(C(=O)Cc2c(C)nc(-c3ccncc3)[nH]c2=O)C1. The summed E-state index contributed by atoms with van der Waals surface area (Å²) in [6, 6.07) is 3.59. The van der Waals surface area contributed by atoms with Gasteiger partial charge in [-0.1, -0.05) is 20.3 Å². The Morgan fingerprint density at radius 1 is 1.33 bits per heavy atom. The summed E-state index contributed by atoms with van der Waals surface area (Å²) in [5, 5.41) is 0. The molecule has 0 aliphatic carbocycles. The van der Waals surface area contributed by atoms with Crippen LogP contribution in [0.1, 0.15) is 50.8 Å². The first-order valence-corrected chi connectivity index (χ1v) is 9.70. The number of piperidine rings is 1. The number of amides is 1. The zero-order valence-electron chi connectivity index (χ0n) is 16.4. The predicted molar refractivity (Wildman–Crippen MR) is 105 cm³/mol. The molecule has 1 unspecified atom stereocenters. The van der Waals surface area contributed by atoms with Crippen molar-refractivity contribution in [1.29, 1.82) is 0 Å². The van der Waals surface area contributed by atoms with Gasteiger partial charge in [0.25, 0.3) is 5.56 Å². The monoisotopic (exact) mass is 368 g/mol. The van der Waals surface area contributed by atoms with Crippen molar-refractivity contribution in [3.05, 3.63) is 46.1 Å². The Hall–Kier alpha value is -2.50. The van der Waals surface area contributed by atoms with E-state index in [0.29, 0.717) is 17.1 Å². The van der Waals surface area contributed by atoms with Gasteiger partial charge < -0.3 is 9.88 Å². The standard InChI is InChI=1S/C21H28N4O2/c1-4-8-21(3)9-5-12-25(14-21)18(26)13-17-15(2)23-19(24-20(17)27)16-6-10-22-11-7-16/h6-7,10-11H,4-5,8-9,12-14H2,1-3H3,(H,23,24,27). The summed E-state index contributed by atoms with van der Waals surface area (Å²) in [5.74, 6) is 0.522. The maximum Gasteiger partial charge on any atom is 0.255 e. The molecule has 2 aromatic rings. The summed E-state index contributed by atoms with van der Waals surface area (Å²) in [5.41, 5.74) is 1.81. The van der Waals surface area contributed by atoms with Crippen molar-refractivity contribution in [3.63, 3.8) is 0 Å². The van der Waals surface area contributed by atoms with Gasteiger partial charge in [-0.15, -0.1) is 0 Å². The number of rotatable bonds is 5. The van der Waals surface area contributed by atoms with Crippen LogP contribution in [0.25, 0.3) is 11.4 Å². The molecule has 0 saturated carbocycles. The van der Waals surface area contributed by atoms with Crippen molar-refractivity contribution in [3.8, 4) is 11.4 Å². The fourth-order valence-electron chi connectivity index (χ4n) is 4.06. The zero-order valence-corrected chi connectivity index (χ0v) is 16.4. The van der Waals surface area contributed by atoms with E-state index in [0.717, 1.165) is 44.3 Å². The largest absolute Gasteiger partial charge is 0.342 e. The number of aromatic nitrogens is 3. The van der Waals surface area contributed by atoms with E-state index in [9.17, 15) is 9.59 Å². The number of hydrogen-bond acceptors (Lipinski definition) is 4. The molecule has 1 amide bonds. The minimum atomic E-state index is -0.240. The lowest BCUT2D eigenvalue weighted by Crippen LogP contribution is -2.45. The van der Waals surface area contributed by atoms with Crippen molar-refractivity contribution in [1.82, 2.24) is 19.9 Å². The molecule has 3 rings (SSSR count). The van der Waals surface area contributed by atoms with E-state index < -0.39 is 0 Å². The van der Waals surface area contributed by atoms with E-state index in [4.69, 9.17) is 0 Å². The molecule has 144 valence electrons. The van der Waals surface area contributed by atoms with Crippen molar-refractivity contribution in [2.24, 2.45) is 5.41 Å². The highest BCUT2D eigenvalue weighted by Gasteiger charge is 2.32. The number of nitrogens with zero attached hydrogens (tertiary/aromatic N) is 3. The lowest BCUT2D eigenvalue weighted by Gasteiger charge is -2.40. The lowest BCUT2D eigenvalue weighted by molar-refractivity contribution is -0.133. The van der Waals surface area contributed by atoms with Gasteiger partial charge in [-0.25, -0.2) is 4.98 Å². The fourth-order valence-corrected chi connectivity index (χ4v) is 4.06. The van der Waals surface area contributed by atoms with Crippen LogP contribution in [-0.4, -0.2) is 38.8 Å². The van der Waals surface area contributed by atoms with Crippen LogP contribution in [-0.2, 0) is 11.2 Å². The quantitative estimate of drug-likeness (QED) is 0.879. The number of carbonyl (C=O) groups excluding carboxylic acids is 1. The summed E-state index contributed by atoms with van der Waals surface area (Å²) in [6.45, 7) is 7.79. The van der Waals surface area contributed by atoms with Crippen LogP contribution in [0.15, 0.2) is 29.3 Å². The van der Waals surface area contributed by atoms with Gasteiger partial charge in [0.05, 0.1) is 6.42 Å². The highest BCUT2D eigenvalue weighted by molar-refractivity contribution is 5.79. The molecule has 1 N–H and O–H groups in total. The first-order valence-electron chi connectivity index (χ1n) is 9.70. The number of nitrogens with one attached hydrogen (secondary N) is 1. The highest BCUT2D eigenvalue weighted by Crippen LogP contribution is 2.34. The van der Waals surface area contributed by atoms with Crippen LogP contribution in [0.4, 0.5) is 0 Å². The topological polar surface area (TPSA) is 79.0 Å². The summed E-state index contributed by atoms with van der Waals surface area (Å²) in [4.78, 5) is 38.7. The molecule has 1 fully saturated rings. The molecule has 27 heavy (non-hydrogen) atoms. The van der Waals surface area contributed by atoms with E-state index in [1.807, 2.05) is 4.90 Å². The van der Waals surface area contributed by atoms with Crippen LogP contribution in [0.2, 0.25) is 0 Å². The number of aryl methyl sites for hydroxylation is 1. The molecule has 6 nitrogen and oxygen atoms in total. The number of carbonyl (C=O) groups is 1. The molecule has 0 bridgehead atoms. The van der Waals surface area contributed by atoms with Gasteiger partial charge in [-0.05, 0) is 43.7 Å². The second kappa shape index (κ2) is 8.03. The summed E-state index contributed by atoms with van der Waals surface area (Å²) >= 11 is 0. The van der Waals surface area contributed by atoms with Gasteiger partial charge in [-0.3, -0.25) is 14.6 Å². The van der Waals surface area contributed by atoms with Gasteiger partial charge in [0.2, 0.25) is 5.91 Å². The van der Waals surface area contributed by atoms with Crippen LogP contribution in [0.3, 0.4) is 0 Å². The van der Waals surface area contributed by atoms with Crippen LogP contribution >= 0.6 is 0 Å². The van der Waals surface area contributed by atoms with Gasteiger partial charge in [0.15, 0.2) is 0 Å². The van der Waals surface area contributed by atoms with E-state index in [1.54, 1.807) is 31.5 Å². The van der Waals surface area contributed by atoms with Gasteiger partial charge in [-0.2, -0.15) is 0 Å². The highest BCUT2D eigenvalue weighted by atomic mass is 16.2. The average molecular weight is 368 g/mol. The molecule has 1 saturated heterocycles. The van der Waals surface area contributed by atoms with E-state index in [1.165, 1.54) is 0 Å². The molecular weight excluding hydrogens is 340 g/mol. The Bertz CT molecular complexity index is 858. The molecular formula is C21H28N4O2. The molecule has 1 atom stereocenters. The van der Waals surface area contributed by atoms with E-state index in [2.05, 4.69) is 28.8 Å². The van der Waals surface area contributed by atoms with Crippen LogP contribution < -0.4 is 5.56 Å². The third-order valence-electron chi connectivity index (χ3n) is 5.49. The first kappa shape index (κ1) is 19.3. The summed E-state index contributed by atoms with van der Waals surface area (Å²) < 4.78 is 0. The van der Waals surface area contributed by atoms with Crippen molar-refractivity contribution < 1.29 is 4.79 Å². The Kier molecular flexibility index (Phi) is 5.73. The smallest absolute Gasteiger partial charge is 0.255 e. The molecule has 0 aromatic carbocycles. The van der Waals surface area contributed by atoms with Crippen molar-refractivity contribution in [2.45, 2.75) is 52.9 Å². The van der Waals surface area contributed by atoms with Crippen molar-refractivity contribution >= 4 is 5.91 Å². The number of likely N-dealkylation sites (tertiary alicyclic amines) is 1. The molecule has 1 aliphatic rings. The minimum Gasteiger partial charge on any atom is -0.342 e. The zero-order chi connectivity index (χ0) is 19.4. The molecule has 0 radical (unpaired) electrons. The number of H-pyrrole nitrogens is 1. The Balaban J connectivity index is 1.77. The number of aromatic amines is 1. The normalized spacial score (nSPS) is 19.9. The molecule has 3 heterocycles. The summed E-state index contributed by atoms with van der Waals surface area (Å²) in [7, 11) is 0. The summed E-state index contributed by atoms with van der Waals surface area (Å²) in [6.07, 6.45) is 7.85. The first-order chi connectivity index (χ1) is 12.9.